The second-order valence-corrected chi connectivity index (χ2v) is 3.88. The van der Waals surface area contributed by atoms with Gasteiger partial charge in [0.25, 0.3) is 5.69 Å². The van der Waals surface area contributed by atoms with Gasteiger partial charge >= 0.3 is 6.09 Å². The lowest BCUT2D eigenvalue weighted by Crippen LogP contribution is -2.24. The second kappa shape index (κ2) is 4.91. The van der Waals surface area contributed by atoms with Gasteiger partial charge in [0.2, 0.25) is 0 Å². The van der Waals surface area contributed by atoms with E-state index in [1.165, 1.54) is 17.0 Å². The summed E-state index contributed by atoms with van der Waals surface area (Å²) in [5.74, 6) is 0. The number of rotatable bonds is 4. The lowest BCUT2D eigenvalue weighted by molar-refractivity contribution is -0.384. The number of nitrogens with one attached hydrogen (secondary N) is 1. The second-order valence-electron chi connectivity index (χ2n) is 3.88. The Labute approximate surface area is 103 Å². The van der Waals surface area contributed by atoms with Gasteiger partial charge in [0, 0.05) is 30.4 Å². The van der Waals surface area contributed by atoms with Crippen LogP contribution in [-0.2, 0) is 11.3 Å². The average molecular weight is 251 g/mol. The summed E-state index contributed by atoms with van der Waals surface area (Å²) in [6.45, 7) is 1.17. The molecule has 7 nitrogen and oxygen atoms in total. The molecule has 2 rings (SSSR count). The number of nitro benzene ring substituents is 1. The minimum Gasteiger partial charge on any atom is -0.448 e. The van der Waals surface area contributed by atoms with Gasteiger partial charge in [-0.15, -0.1) is 0 Å². The smallest absolute Gasteiger partial charge is 0.410 e. The van der Waals surface area contributed by atoms with Crippen LogP contribution in [0.4, 0.5) is 16.2 Å². The zero-order valence-corrected chi connectivity index (χ0v) is 9.88. The molecule has 1 aromatic rings. The maximum absolute atomic E-state index is 11.3. The number of nitrogens with zero attached hydrogens (tertiary/aromatic N) is 2. The Morgan fingerprint density at radius 2 is 2.33 bits per heavy atom. The fourth-order valence-corrected chi connectivity index (χ4v) is 1.84. The number of hydrogen-bond donors (Lipinski definition) is 1. The van der Waals surface area contributed by atoms with E-state index in [4.69, 9.17) is 4.74 Å². The SMILES string of the molecule is CNc1ccc([N+](=O)[O-])cc1CN1CCOC1=O. The van der Waals surface area contributed by atoms with Crippen LogP contribution in [0.15, 0.2) is 18.2 Å². The van der Waals surface area contributed by atoms with Crippen molar-refractivity contribution in [2.45, 2.75) is 6.54 Å². The number of hydrogen-bond acceptors (Lipinski definition) is 5. The largest absolute Gasteiger partial charge is 0.448 e. The van der Waals surface area contributed by atoms with Crippen LogP contribution in [0.2, 0.25) is 0 Å². The Morgan fingerprint density at radius 3 is 2.89 bits per heavy atom. The molecule has 0 saturated carbocycles. The van der Waals surface area contributed by atoms with Crippen molar-refractivity contribution in [3.05, 3.63) is 33.9 Å². The van der Waals surface area contributed by atoms with E-state index in [2.05, 4.69) is 5.32 Å². The van der Waals surface area contributed by atoms with Crippen LogP contribution in [0.25, 0.3) is 0 Å². The predicted octanol–water partition coefficient (Wildman–Crippen LogP) is 1.59. The third-order valence-electron chi connectivity index (χ3n) is 2.78. The molecule has 0 aromatic heterocycles. The molecule has 0 atom stereocenters. The number of benzene rings is 1. The number of carbonyl (C=O) groups excluding carboxylic acids is 1. The van der Waals surface area contributed by atoms with Crippen molar-refractivity contribution in [2.75, 3.05) is 25.5 Å². The van der Waals surface area contributed by atoms with Crippen molar-refractivity contribution < 1.29 is 14.5 Å². The van der Waals surface area contributed by atoms with Crippen LogP contribution in [0.5, 0.6) is 0 Å². The van der Waals surface area contributed by atoms with Gasteiger partial charge in [-0.3, -0.25) is 10.1 Å². The quantitative estimate of drug-likeness (QED) is 0.648. The normalized spacial score (nSPS) is 14.5. The van der Waals surface area contributed by atoms with Gasteiger partial charge in [0.15, 0.2) is 0 Å². The zero-order valence-electron chi connectivity index (χ0n) is 9.88. The predicted molar refractivity (Wildman–Crippen MR) is 64.4 cm³/mol. The van der Waals surface area contributed by atoms with Crippen LogP contribution in [0.1, 0.15) is 5.56 Å². The van der Waals surface area contributed by atoms with Gasteiger partial charge in [-0.2, -0.15) is 0 Å². The van der Waals surface area contributed by atoms with E-state index in [1.54, 1.807) is 13.1 Å². The van der Waals surface area contributed by atoms with E-state index in [9.17, 15) is 14.9 Å². The topological polar surface area (TPSA) is 84.7 Å². The van der Waals surface area contributed by atoms with Gasteiger partial charge < -0.3 is 15.0 Å². The number of anilines is 1. The van der Waals surface area contributed by atoms with Crippen molar-refractivity contribution in [3.63, 3.8) is 0 Å². The monoisotopic (exact) mass is 251 g/mol. The summed E-state index contributed by atoms with van der Waals surface area (Å²) in [5, 5.41) is 13.7. The van der Waals surface area contributed by atoms with Crippen molar-refractivity contribution in [1.82, 2.24) is 4.90 Å². The van der Waals surface area contributed by atoms with E-state index in [-0.39, 0.29) is 11.8 Å². The van der Waals surface area contributed by atoms with E-state index in [0.717, 1.165) is 5.69 Å². The molecule has 0 unspecified atom stereocenters. The fraction of sp³-hybridized carbons (Fsp3) is 0.364. The van der Waals surface area contributed by atoms with Crippen molar-refractivity contribution in [1.29, 1.82) is 0 Å². The molecule has 0 bridgehead atoms. The van der Waals surface area contributed by atoms with Crippen LogP contribution >= 0.6 is 0 Å². The van der Waals surface area contributed by atoms with Crippen molar-refractivity contribution >= 4 is 17.5 Å². The molecule has 0 spiro atoms. The molecule has 96 valence electrons. The van der Waals surface area contributed by atoms with Gasteiger partial charge in [0.05, 0.1) is 18.0 Å². The molecule has 1 saturated heterocycles. The molecule has 1 fully saturated rings. The molecule has 1 aliphatic rings. The Morgan fingerprint density at radius 1 is 1.56 bits per heavy atom. The molecule has 7 heteroatoms. The van der Waals surface area contributed by atoms with Gasteiger partial charge in [-0.25, -0.2) is 4.79 Å². The third-order valence-corrected chi connectivity index (χ3v) is 2.78. The van der Waals surface area contributed by atoms with E-state index < -0.39 is 4.92 Å². The number of nitro groups is 1. The maximum atomic E-state index is 11.3. The third kappa shape index (κ3) is 2.34. The Balaban J connectivity index is 2.26. The first-order chi connectivity index (χ1) is 8.61. The summed E-state index contributed by atoms with van der Waals surface area (Å²) in [6.07, 6.45) is -0.386. The summed E-state index contributed by atoms with van der Waals surface area (Å²) < 4.78 is 4.82. The summed E-state index contributed by atoms with van der Waals surface area (Å²) in [7, 11) is 1.73. The first-order valence-electron chi connectivity index (χ1n) is 5.48. The van der Waals surface area contributed by atoms with Crippen LogP contribution in [0, 0.1) is 10.1 Å². The molecule has 1 aliphatic heterocycles. The standard InChI is InChI=1S/C11H13N3O4/c1-12-10-3-2-9(14(16)17)6-8(10)7-13-4-5-18-11(13)15/h2-3,6,12H,4-5,7H2,1H3. The Hall–Kier alpha value is -2.31. The zero-order chi connectivity index (χ0) is 13.1. The molecule has 0 aliphatic carbocycles. The van der Waals surface area contributed by atoms with Gasteiger partial charge in [0.1, 0.15) is 6.61 Å². The first kappa shape index (κ1) is 12.2. The molecule has 1 N–H and O–H groups in total. The molecular weight excluding hydrogens is 238 g/mol. The molecule has 18 heavy (non-hydrogen) atoms. The number of amides is 1. The highest BCUT2D eigenvalue weighted by atomic mass is 16.6. The maximum Gasteiger partial charge on any atom is 0.410 e. The van der Waals surface area contributed by atoms with Crippen molar-refractivity contribution in [2.24, 2.45) is 0 Å². The number of non-ortho nitro benzene ring substituents is 1. The highest BCUT2D eigenvalue weighted by Gasteiger charge is 2.23. The highest BCUT2D eigenvalue weighted by Crippen LogP contribution is 2.24. The van der Waals surface area contributed by atoms with Gasteiger partial charge in [-0.1, -0.05) is 0 Å². The van der Waals surface area contributed by atoms with Crippen LogP contribution in [-0.4, -0.2) is 36.1 Å². The van der Waals surface area contributed by atoms with Crippen LogP contribution in [0.3, 0.4) is 0 Å². The molecule has 0 radical (unpaired) electrons. The Bertz CT molecular complexity index is 489. The lowest BCUT2D eigenvalue weighted by atomic mass is 10.1. The molecule has 1 heterocycles. The van der Waals surface area contributed by atoms with Crippen molar-refractivity contribution in [3.8, 4) is 0 Å². The first-order valence-corrected chi connectivity index (χ1v) is 5.48. The summed E-state index contributed by atoms with van der Waals surface area (Å²) in [5.41, 5.74) is 1.47. The number of cyclic esters (lactones) is 1. The summed E-state index contributed by atoms with van der Waals surface area (Å²) >= 11 is 0. The average Bonchev–Trinajstić information content (AvgIpc) is 2.75. The van der Waals surface area contributed by atoms with E-state index in [0.29, 0.717) is 25.3 Å². The van der Waals surface area contributed by atoms with Crippen LogP contribution < -0.4 is 5.32 Å². The number of carbonyl (C=O) groups is 1. The molecular formula is C11H13N3O4. The minimum atomic E-state index is -0.453. The van der Waals surface area contributed by atoms with Gasteiger partial charge in [-0.05, 0) is 6.07 Å². The highest BCUT2D eigenvalue weighted by molar-refractivity contribution is 5.70. The molecule has 1 amide bonds. The van der Waals surface area contributed by atoms with E-state index >= 15 is 0 Å². The minimum absolute atomic E-state index is 0.0107. The van der Waals surface area contributed by atoms with E-state index in [1.807, 2.05) is 0 Å². The molecule has 1 aromatic carbocycles. The summed E-state index contributed by atoms with van der Waals surface area (Å²) in [4.78, 5) is 23.1. The lowest BCUT2D eigenvalue weighted by Gasteiger charge is -2.15. The fourth-order valence-electron chi connectivity index (χ4n) is 1.84. The number of ether oxygens (including phenoxy) is 1. The Kier molecular flexibility index (Phi) is 3.31. The summed E-state index contributed by atoms with van der Waals surface area (Å²) in [6, 6.07) is 4.53.